The molecular formula is C52H31NO2S. The fraction of sp³-hybridized carbons (Fsp3) is 0. The third kappa shape index (κ3) is 4.76. The number of hydrogen-bond donors (Lipinski definition) is 0. The summed E-state index contributed by atoms with van der Waals surface area (Å²) in [5.74, 6) is 1.77. The van der Waals surface area contributed by atoms with Crippen LogP contribution in [0.25, 0.3) is 86.3 Å². The molecule has 3 nitrogen and oxygen atoms in total. The molecule has 12 rings (SSSR count). The second-order valence-corrected chi connectivity index (χ2v) is 15.5. The first kappa shape index (κ1) is 31.2. The molecule has 262 valence electrons. The summed E-state index contributed by atoms with van der Waals surface area (Å²) in [6.07, 6.45) is 0. The minimum absolute atomic E-state index is 0.881. The second-order valence-electron chi connectivity index (χ2n) is 14.4. The first-order valence-corrected chi connectivity index (χ1v) is 19.7. The lowest BCUT2D eigenvalue weighted by atomic mass is 9.89. The monoisotopic (exact) mass is 733 g/mol. The Bertz CT molecular complexity index is 3360. The van der Waals surface area contributed by atoms with Gasteiger partial charge in [0.25, 0.3) is 0 Å². The van der Waals surface area contributed by atoms with E-state index in [2.05, 4.69) is 175 Å². The lowest BCUT2D eigenvalue weighted by Crippen LogP contribution is -2.10. The van der Waals surface area contributed by atoms with Gasteiger partial charge < -0.3 is 14.1 Å². The zero-order valence-corrected chi connectivity index (χ0v) is 30.9. The molecule has 0 amide bonds. The Balaban J connectivity index is 1.04. The maximum atomic E-state index is 6.69. The summed E-state index contributed by atoms with van der Waals surface area (Å²) in [6.45, 7) is 0. The van der Waals surface area contributed by atoms with Crippen molar-refractivity contribution in [3.05, 3.63) is 188 Å². The Morgan fingerprint density at radius 3 is 2.07 bits per heavy atom. The van der Waals surface area contributed by atoms with Gasteiger partial charge in [0, 0.05) is 48.6 Å². The summed E-state index contributed by atoms with van der Waals surface area (Å²) in [4.78, 5) is 2.41. The van der Waals surface area contributed by atoms with E-state index in [1.807, 2.05) is 29.5 Å². The Morgan fingerprint density at radius 1 is 0.393 bits per heavy atom. The lowest BCUT2D eigenvalue weighted by Gasteiger charge is -2.27. The molecule has 4 heteroatoms. The molecule has 0 unspecified atom stereocenters. The molecular weight excluding hydrogens is 703 g/mol. The van der Waals surface area contributed by atoms with Crippen LogP contribution in [0.1, 0.15) is 0 Å². The molecule has 2 aromatic heterocycles. The Morgan fingerprint density at radius 2 is 1.12 bits per heavy atom. The van der Waals surface area contributed by atoms with Crippen molar-refractivity contribution >= 4 is 81.3 Å². The molecule has 11 aromatic rings. The van der Waals surface area contributed by atoms with Crippen molar-refractivity contribution in [2.45, 2.75) is 0 Å². The van der Waals surface area contributed by atoms with E-state index in [-0.39, 0.29) is 0 Å². The number of anilines is 3. The molecule has 0 bridgehead atoms. The SMILES string of the molecule is c1ccc(-c2ccc3c(c2)Oc2ccc(-c4cccc(N(c5ccc6oc7ccccc7c6c5)c5cccc6c5sc5ccccc56)c4)c4cccc-3c24)cc1. The number of fused-ring (bicyclic) bond motifs is 8. The quantitative estimate of drug-likeness (QED) is 0.176. The van der Waals surface area contributed by atoms with Gasteiger partial charge in [-0.1, -0.05) is 121 Å². The summed E-state index contributed by atoms with van der Waals surface area (Å²) >= 11 is 1.85. The summed E-state index contributed by atoms with van der Waals surface area (Å²) < 4.78 is 15.5. The highest BCUT2D eigenvalue weighted by molar-refractivity contribution is 7.26. The minimum atomic E-state index is 0.881. The predicted molar refractivity (Wildman–Crippen MR) is 235 cm³/mol. The van der Waals surface area contributed by atoms with Crippen molar-refractivity contribution in [3.63, 3.8) is 0 Å². The average Bonchev–Trinajstić information content (AvgIpc) is 3.83. The number of thiophene rings is 1. The minimum Gasteiger partial charge on any atom is -0.456 e. The van der Waals surface area contributed by atoms with Crippen molar-refractivity contribution in [1.29, 1.82) is 0 Å². The van der Waals surface area contributed by atoms with Crippen LogP contribution in [0.4, 0.5) is 17.1 Å². The van der Waals surface area contributed by atoms with Gasteiger partial charge in [-0.3, -0.25) is 0 Å². The van der Waals surface area contributed by atoms with E-state index in [1.54, 1.807) is 0 Å². The molecule has 0 atom stereocenters. The summed E-state index contributed by atoms with van der Waals surface area (Å²) in [7, 11) is 0. The van der Waals surface area contributed by atoms with E-state index in [9.17, 15) is 0 Å². The van der Waals surface area contributed by atoms with Crippen LogP contribution in [0, 0.1) is 0 Å². The molecule has 3 heterocycles. The predicted octanol–water partition coefficient (Wildman–Crippen LogP) is 15.7. The zero-order valence-electron chi connectivity index (χ0n) is 30.1. The van der Waals surface area contributed by atoms with Crippen LogP contribution in [0.3, 0.4) is 0 Å². The molecule has 0 saturated heterocycles. The molecule has 0 spiro atoms. The van der Waals surface area contributed by atoms with E-state index >= 15 is 0 Å². The highest BCUT2D eigenvalue weighted by Crippen LogP contribution is 2.51. The molecule has 0 N–H and O–H groups in total. The fourth-order valence-corrected chi connectivity index (χ4v) is 9.90. The first-order valence-electron chi connectivity index (χ1n) is 18.9. The molecule has 1 aliphatic heterocycles. The van der Waals surface area contributed by atoms with Crippen LogP contribution in [0.2, 0.25) is 0 Å². The highest BCUT2D eigenvalue weighted by atomic mass is 32.1. The Hall–Kier alpha value is -7.14. The van der Waals surface area contributed by atoms with Gasteiger partial charge in [0.2, 0.25) is 0 Å². The summed E-state index contributed by atoms with van der Waals surface area (Å²) in [5, 5.41) is 7.06. The summed E-state index contributed by atoms with van der Waals surface area (Å²) in [5.41, 5.74) is 12.0. The number of benzene rings is 9. The van der Waals surface area contributed by atoms with Crippen molar-refractivity contribution in [3.8, 4) is 44.9 Å². The van der Waals surface area contributed by atoms with Gasteiger partial charge in [-0.05, 0) is 99.9 Å². The molecule has 0 aliphatic carbocycles. The Labute approximate surface area is 326 Å². The molecule has 0 radical (unpaired) electrons. The van der Waals surface area contributed by atoms with Gasteiger partial charge in [0.15, 0.2) is 0 Å². The average molecular weight is 734 g/mol. The third-order valence-corrected chi connectivity index (χ3v) is 12.5. The van der Waals surface area contributed by atoms with Crippen LogP contribution in [-0.2, 0) is 0 Å². The number of hydrogen-bond acceptors (Lipinski definition) is 4. The summed E-state index contributed by atoms with van der Waals surface area (Å²) in [6, 6.07) is 67.2. The van der Waals surface area contributed by atoms with Crippen molar-refractivity contribution in [2.75, 3.05) is 4.90 Å². The highest BCUT2D eigenvalue weighted by Gasteiger charge is 2.24. The van der Waals surface area contributed by atoms with Gasteiger partial charge >= 0.3 is 0 Å². The second kappa shape index (κ2) is 12.2. The van der Waals surface area contributed by atoms with E-state index < -0.39 is 0 Å². The van der Waals surface area contributed by atoms with Gasteiger partial charge in [-0.2, -0.15) is 0 Å². The molecule has 0 saturated carbocycles. The van der Waals surface area contributed by atoms with Crippen molar-refractivity contribution < 1.29 is 9.15 Å². The third-order valence-electron chi connectivity index (χ3n) is 11.3. The molecule has 56 heavy (non-hydrogen) atoms. The van der Waals surface area contributed by atoms with Crippen LogP contribution in [0.15, 0.2) is 192 Å². The Kier molecular flexibility index (Phi) is 6.80. The van der Waals surface area contributed by atoms with Gasteiger partial charge in [0.1, 0.15) is 22.7 Å². The van der Waals surface area contributed by atoms with Crippen molar-refractivity contribution in [2.24, 2.45) is 0 Å². The normalized spacial score (nSPS) is 12.1. The van der Waals surface area contributed by atoms with Crippen LogP contribution in [-0.4, -0.2) is 0 Å². The van der Waals surface area contributed by atoms with Crippen LogP contribution < -0.4 is 9.64 Å². The largest absolute Gasteiger partial charge is 0.456 e. The van der Waals surface area contributed by atoms with E-state index in [4.69, 9.17) is 9.15 Å². The number of rotatable bonds is 5. The van der Waals surface area contributed by atoms with Gasteiger partial charge in [-0.25, -0.2) is 0 Å². The fourth-order valence-electron chi connectivity index (χ4n) is 8.69. The first-order chi connectivity index (χ1) is 27.7. The number of nitrogens with zero attached hydrogens (tertiary/aromatic N) is 1. The van der Waals surface area contributed by atoms with Gasteiger partial charge in [-0.15, -0.1) is 11.3 Å². The smallest absolute Gasteiger partial charge is 0.135 e. The topological polar surface area (TPSA) is 25.6 Å². The van der Waals surface area contributed by atoms with Crippen molar-refractivity contribution in [1.82, 2.24) is 0 Å². The molecule has 9 aromatic carbocycles. The van der Waals surface area contributed by atoms with Crippen LogP contribution >= 0.6 is 11.3 Å². The van der Waals surface area contributed by atoms with E-state index in [0.29, 0.717) is 0 Å². The lowest BCUT2D eigenvalue weighted by molar-refractivity contribution is 0.487. The number of furan rings is 1. The maximum absolute atomic E-state index is 6.69. The number of para-hydroxylation sites is 1. The van der Waals surface area contributed by atoms with E-state index in [0.717, 1.165) is 78.1 Å². The molecule has 1 aliphatic rings. The maximum Gasteiger partial charge on any atom is 0.135 e. The zero-order chi connectivity index (χ0) is 36.7. The van der Waals surface area contributed by atoms with E-state index in [1.165, 1.54) is 36.7 Å². The standard InChI is InChI=1S/C52H31NO2S/c1-2-11-32(12-3-1)33-23-25-39-42-18-9-17-41-37(26-28-48(51(41)42)55-49(39)30-33)34-13-8-14-35(29-34)53(36-24-27-47-44(31-36)38-15-4-6-21-46(38)54-47)45-20-10-19-43-40-16-5-7-22-50(40)56-52(43)45/h1-31H. The number of ether oxygens (including phenoxy) is 1. The molecule has 0 fully saturated rings. The van der Waals surface area contributed by atoms with Crippen LogP contribution in [0.5, 0.6) is 11.5 Å². The van der Waals surface area contributed by atoms with Gasteiger partial charge in [0.05, 0.1) is 10.4 Å².